The number of aliphatic hydroxyl groups excluding tert-OH is 1. The maximum Gasteiger partial charge on any atom is 0.104 e. The summed E-state index contributed by atoms with van der Waals surface area (Å²) in [5.41, 5.74) is 2.04. The van der Waals surface area contributed by atoms with Crippen molar-refractivity contribution in [3.8, 4) is 11.8 Å². The summed E-state index contributed by atoms with van der Waals surface area (Å²) in [6, 6.07) is 7.87. The molecule has 0 aromatic heterocycles. The highest BCUT2D eigenvalue weighted by molar-refractivity contribution is 5.36. The number of ether oxygens (including phenoxy) is 2. The highest BCUT2D eigenvalue weighted by atomic mass is 16.5. The average molecular weight is 232 g/mol. The number of rotatable bonds is 3. The van der Waals surface area contributed by atoms with Gasteiger partial charge in [0.05, 0.1) is 19.3 Å². The van der Waals surface area contributed by atoms with E-state index in [0.29, 0.717) is 13.2 Å². The third kappa shape index (κ3) is 3.86. The quantitative estimate of drug-likeness (QED) is 0.799. The van der Waals surface area contributed by atoms with Gasteiger partial charge in [-0.25, -0.2) is 0 Å². The lowest BCUT2D eigenvalue weighted by molar-refractivity contribution is 0.0317. The van der Waals surface area contributed by atoms with Crippen LogP contribution >= 0.6 is 0 Å². The zero-order valence-corrected chi connectivity index (χ0v) is 9.69. The van der Waals surface area contributed by atoms with Crippen LogP contribution in [0.1, 0.15) is 17.5 Å². The molecule has 1 atom stereocenters. The molecular formula is C14H16O3. The Kier molecular flexibility index (Phi) is 4.57. The molecule has 1 aliphatic heterocycles. The van der Waals surface area contributed by atoms with E-state index >= 15 is 0 Å². The summed E-state index contributed by atoms with van der Waals surface area (Å²) in [6.07, 6.45) is 1.23. The topological polar surface area (TPSA) is 38.7 Å². The summed E-state index contributed by atoms with van der Waals surface area (Å²) in [5.74, 6) is 5.48. The first-order valence-corrected chi connectivity index (χ1v) is 5.76. The Labute approximate surface area is 101 Å². The van der Waals surface area contributed by atoms with Gasteiger partial charge in [-0.15, -0.1) is 0 Å². The molecule has 0 amide bonds. The highest BCUT2D eigenvalue weighted by Crippen LogP contribution is 2.12. The van der Waals surface area contributed by atoms with Crippen molar-refractivity contribution >= 4 is 0 Å². The monoisotopic (exact) mass is 232 g/mol. The van der Waals surface area contributed by atoms with Gasteiger partial charge in [0.1, 0.15) is 6.61 Å². The molecule has 0 aliphatic carbocycles. The Morgan fingerprint density at radius 2 is 2.18 bits per heavy atom. The van der Waals surface area contributed by atoms with Crippen molar-refractivity contribution in [2.24, 2.45) is 0 Å². The third-order valence-corrected chi connectivity index (χ3v) is 2.64. The Morgan fingerprint density at radius 3 is 2.82 bits per heavy atom. The first kappa shape index (κ1) is 12.1. The van der Waals surface area contributed by atoms with Crippen molar-refractivity contribution in [1.29, 1.82) is 0 Å². The van der Waals surface area contributed by atoms with E-state index in [1.165, 1.54) is 0 Å². The van der Waals surface area contributed by atoms with Crippen LogP contribution in [-0.4, -0.2) is 31.0 Å². The summed E-state index contributed by atoms with van der Waals surface area (Å²) >= 11 is 0. The van der Waals surface area contributed by atoms with E-state index in [9.17, 15) is 0 Å². The van der Waals surface area contributed by atoms with Crippen LogP contribution in [0.2, 0.25) is 0 Å². The fraction of sp³-hybridized carbons (Fsp3) is 0.429. The fourth-order valence-electron chi connectivity index (χ4n) is 1.68. The van der Waals surface area contributed by atoms with Crippen molar-refractivity contribution in [1.82, 2.24) is 0 Å². The molecule has 17 heavy (non-hydrogen) atoms. The Balaban J connectivity index is 1.84. The predicted molar refractivity (Wildman–Crippen MR) is 64.4 cm³/mol. The molecule has 1 fully saturated rings. The summed E-state index contributed by atoms with van der Waals surface area (Å²) in [5, 5.41) is 8.58. The van der Waals surface area contributed by atoms with Gasteiger partial charge in [-0.2, -0.15) is 0 Å². The van der Waals surface area contributed by atoms with Crippen molar-refractivity contribution in [3.63, 3.8) is 0 Å². The standard InChI is InChI=1S/C14H16O3/c15-8-1-2-12-3-5-13(6-4-12)10-17-14-7-9-16-11-14/h3-6,14-15H,7-11H2. The minimum Gasteiger partial charge on any atom is -0.384 e. The van der Waals surface area contributed by atoms with E-state index in [0.717, 1.165) is 24.2 Å². The molecule has 1 heterocycles. The first-order valence-electron chi connectivity index (χ1n) is 5.76. The minimum atomic E-state index is -0.105. The van der Waals surface area contributed by atoms with Gasteiger partial charge >= 0.3 is 0 Å². The smallest absolute Gasteiger partial charge is 0.104 e. The lowest BCUT2D eigenvalue weighted by atomic mass is 10.1. The van der Waals surface area contributed by atoms with Gasteiger partial charge in [0.2, 0.25) is 0 Å². The van der Waals surface area contributed by atoms with Gasteiger partial charge in [0.15, 0.2) is 0 Å². The molecule has 1 aromatic rings. The van der Waals surface area contributed by atoms with Crippen LogP contribution in [-0.2, 0) is 16.1 Å². The molecule has 3 nitrogen and oxygen atoms in total. The average Bonchev–Trinajstić information content (AvgIpc) is 2.88. The van der Waals surface area contributed by atoms with Gasteiger partial charge in [-0.1, -0.05) is 24.0 Å². The molecule has 1 N–H and O–H groups in total. The molecule has 1 aromatic carbocycles. The van der Waals surface area contributed by atoms with E-state index in [1.54, 1.807) is 0 Å². The lowest BCUT2D eigenvalue weighted by Crippen LogP contribution is -2.11. The number of benzene rings is 1. The van der Waals surface area contributed by atoms with Crippen LogP contribution in [0, 0.1) is 11.8 Å². The number of hydrogen-bond acceptors (Lipinski definition) is 3. The van der Waals surface area contributed by atoms with Crippen LogP contribution in [0.3, 0.4) is 0 Å². The first-order chi connectivity index (χ1) is 8.38. The van der Waals surface area contributed by atoms with Gasteiger partial charge in [-0.3, -0.25) is 0 Å². The maximum absolute atomic E-state index is 8.58. The molecule has 1 saturated heterocycles. The molecule has 1 aliphatic rings. The molecule has 0 saturated carbocycles. The molecule has 90 valence electrons. The summed E-state index contributed by atoms with van der Waals surface area (Å²) in [4.78, 5) is 0. The maximum atomic E-state index is 8.58. The predicted octanol–water partition coefficient (Wildman–Crippen LogP) is 1.34. The lowest BCUT2D eigenvalue weighted by Gasteiger charge is -2.09. The zero-order chi connectivity index (χ0) is 11.9. The Morgan fingerprint density at radius 1 is 1.35 bits per heavy atom. The largest absolute Gasteiger partial charge is 0.384 e. The second-order valence-electron chi connectivity index (χ2n) is 3.95. The summed E-state index contributed by atoms with van der Waals surface area (Å²) in [7, 11) is 0. The van der Waals surface area contributed by atoms with Crippen molar-refractivity contribution in [3.05, 3.63) is 35.4 Å². The Hall–Kier alpha value is -1.34. The molecule has 0 radical (unpaired) electrons. The molecule has 2 rings (SSSR count). The third-order valence-electron chi connectivity index (χ3n) is 2.64. The highest BCUT2D eigenvalue weighted by Gasteiger charge is 2.15. The zero-order valence-electron chi connectivity index (χ0n) is 9.69. The summed E-state index contributed by atoms with van der Waals surface area (Å²) < 4.78 is 11.0. The molecular weight excluding hydrogens is 216 g/mol. The molecule has 1 unspecified atom stereocenters. The van der Waals surface area contributed by atoms with Crippen molar-refractivity contribution in [2.75, 3.05) is 19.8 Å². The van der Waals surface area contributed by atoms with Crippen LogP contribution in [0.5, 0.6) is 0 Å². The van der Waals surface area contributed by atoms with E-state index in [-0.39, 0.29) is 12.7 Å². The van der Waals surface area contributed by atoms with E-state index in [2.05, 4.69) is 11.8 Å². The van der Waals surface area contributed by atoms with Gasteiger partial charge < -0.3 is 14.6 Å². The fourth-order valence-corrected chi connectivity index (χ4v) is 1.68. The van der Waals surface area contributed by atoms with Crippen LogP contribution < -0.4 is 0 Å². The molecule has 0 spiro atoms. The van der Waals surface area contributed by atoms with E-state index in [4.69, 9.17) is 14.6 Å². The SMILES string of the molecule is OCC#Cc1ccc(COC2CCOC2)cc1. The van der Waals surface area contributed by atoms with Crippen LogP contribution in [0.15, 0.2) is 24.3 Å². The normalized spacial score (nSPS) is 18.8. The minimum absolute atomic E-state index is 0.105. The van der Waals surface area contributed by atoms with E-state index in [1.807, 2.05) is 24.3 Å². The Bertz CT molecular complexity index is 394. The van der Waals surface area contributed by atoms with Gasteiger partial charge in [0.25, 0.3) is 0 Å². The van der Waals surface area contributed by atoms with Crippen LogP contribution in [0.25, 0.3) is 0 Å². The second kappa shape index (κ2) is 6.41. The number of hydrogen-bond donors (Lipinski definition) is 1. The van der Waals surface area contributed by atoms with E-state index < -0.39 is 0 Å². The molecule has 0 bridgehead atoms. The number of aliphatic hydroxyl groups is 1. The molecule has 3 heteroatoms. The second-order valence-corrected chi connectivity index (χ2v) is 3.95. The van der Waals surface area contributed by atoms with Crippen molar-refractivity contribution < 1.29 is 14.6 Å². The van der Waals surface area contributed by atoms with Crippen molar-refractivity contribution in [2.45, 2.75) is 19.1 Å². The van der Waals surface area contributed by atoms with Gasteiger partial charge in [-0.05, 0) is 24.1 Å². The van der Waals surface area contributed by atoms with Crippen LogP contribution in [0.4, 0.5) is 0 Å². The van der Waals surface area contributed by atoms with Gasteiger partial charge in [0, 0.05) is 12.2 Å². The summed E-state index contributed by atoms with van der Waals surface area (Å²) in [6.45, 7) is 2.02.